The van der Waals surface area contributed by atoms with Crippen molar-refractivity contribution in [2.24, 2.45) is 0 Å². The molecule has 0 bridgehead atoms. The number of amides is 2. The zero-order valence-corrected chi connectivity index (χ0v) is 15.8. The number of aromatic nitrogens is 1. The van der Waals surface area contributed by atoms with Gasteiger partial charge in [0.15, 0.2) is 5.13 Å². The van der Waals surface area contributed by atoms with Crippen LogP contribution in [0.5, 0.6) is 0 Å². The van der Waals surface area contributed by atoms with E-state index in [1.54, 1.807) is 40.7 Å². The van der Waals surface area contributed by atoms with Crippen molar-refractivity contribution in [3.63, 3.8) is 0 Å². The number of benzene rings is 1. The van der Waals surface area contributed by atoms with Gasteiger partial charge in [0.2, 0.25) is 5.91 Å². The molecule has 0 aliphatic rings. The maximum absolute atomic E-state index is 12.8. The van der Waals surface area contributed by atoms with E-state index in [2.05, 4.69) is 17.2 Å². The van der Waals surface area contributed by atoms with Crippen LogP contribution in [0.2, 0.25) is 5.02 Å². The summed E-state index contributed by atoms with van der Waals surface area (Å²) in [6.45, 7) is 2.67. The molecule has 7 heteroatoms. The molecule has 5 nitrogen and oxygen atoms in total. The molecule has 0 atom stereocenters. The Labute approximate surface area is 157 Å². The number of carbonyl (C=O) groups is 2. The van der Waals surface area contributed by atoms with Gasteiger partial charge in [-0.15, -0.1) is 11.3 Å². The summed E-state index contributed by atoms with van der Waals surface area (Å²) in [6.07, 6.45) is 5.76. The summed E-state index contributed by atoms with van der Waals surface area (Å²) in [5, 5.41) is 5.54. The topological polar surface area (TPSA) is 62.3 Å². The molecule has 0 radical (unpaired) electrons. The van der Waals surface area contributed by atoms with Crippen molar-refractivity contribution < 1.29 is 9.59 Å². The van der Waals surface area contributed by atoms with Crippen molar-refractivity contribution in [1.82, 2.24) is 9.88 Å². The van der Waals surface area contributed by atoms with Gasteiger partial charge in [-0.25, -0.2) is 4.98 Å². The first-order valence-corrected chi connectivity index (χ1v) is 9.60. The van der Waals surface area contributed by atoms with Gasteiger partial charge >= 0.3 is 0 Å². The molecule has 0 saturated carbocycles. The van der Waals surface area contributed by atoms with Crippen LogP contribution in [-0.4, -0.2) is 34.8 Å². The summed E-state index contributed by atoms with van der Waals surface area (Å²) in [5.41, 5.74) is 0.491. The zero-order chi connectivity index (χ0) is 18.1. The Balaban J connectivity index is 2.03. The van der Waals surface area contributed by atoms with Crippen molar-refractivity contribution in [2.75, 3.05) is 18.4 Å². The molecule has 1 aromatic heterocycles. The standard InChI is InChI=1S/C18H22ClN3O2S/c1-2-3-4-5-10-22(13-16(23)21-18-20-9-11-25-18)17(24)14-7-6-8-15(19)12-14/h6-9,11-12H,2-5,10,13H2,1H3,(H,20,21,23). The van der Waals surface area contributed by atoms with Crippen molar-refractivity contribution in [3.05, 3.63) is 46.4 Å². The quantitative estimate of drug-likeness (QED) is 0.654. The first-order chi connectivity index (χ1) is 12.1. The minimum atomic E-state index is -0.249. The largest absolute Gasteiger partial charge is 0.329 e. The van der Waals surface area contributed by atoms with Crippen LogP contribution in [0.15, 0.2) is 35.8 Å². The number of anilines is 1. The highest BCUT2D eigenvalue weighted by molar-refractivity contribution is 7.13. The van der Waals surface area contributed by atoms with Crippen LogP contribution in [-0.2, 0) is 4.79 Å². The fourth-order valence-corrected chi connectivity index (χ4v) is 3.14. The fraction of sp³-hybridized carbons (Fsp3) is 0.389. The lowest BCUT2D eigenvalue weighted by atomic mass is 10.1. The second-order valence-corrected chi connectivity index (χ2v) is 7.01. The second-order valence-electron chi connectivity index (χ2n) is 5.68. The van der Waals surface area contributed by atoms with Crippen molar-refractivity contribution >= 4 is 39.9 Å². The van der Waals surface area contributed by atoms with Crippen molar-refractivity contribution in [2.45, 2.75) is 32.6 Å². The first-order valence-electron chi connectivity index (χ1n) is 8.34. The molecule has 25 heavy (non-hydrogen) atoms. The minimum Gasteiger partial charge on any atom is -0.329 e. The number of hydrogen-bond donors (Lipinski definition) is 1. The molecule has 0 saturated heterocycles. The maximum Gasteiger partial charge on any atom is 0.254 e. The zero-order valence-electron chi connectivity index (χ0n) is 14.2. The predicted molar refractivity (Wildman–Crippen MR) is 102 cm³/mol. The average molecular weight is 380 g/mol. The molecule has 0 aliphatic carbocycles. The molecule has 2 aromatic rings. The van der Waals surface area contributed by atoms with E-state index in [1.807, 2.05) is 0 Å². The number of thiazole rings is 1. The van der Waals surface area contributed by atoms with E-state index >= 15 is 0 Å². The summed E-state index contributed by atoms with van der Waals surface area (Å²) < 4.78 is 0. The molecule has 1 N–H and O–H groups in total. The Bertz CT molecular complexity index is 691. The van der Waals surface area contributed by atoms with Gasteiger partial charge in [-0.05, 0) is 24.6 Å². The average Bonchev–Trinajstić information content (AvgIpc) is 3.10. The summed E-state index contributed by atoms with van der Waals surface area (Å²) in [6, 6.07) is 6.80. The lowest BCUT2D eigenvalue weighted by Crippen LogP contribution is -2.38. The number of rotatable bonds is 9. The molecule has 0 unspecified atom stereocenters. The van der Waals surface area contributed by atoms with Gasteiger partial charge in [-0.2, -0.15) is 0 Å². The molecule has 0 fully saturated rings. The summed E-state index contributed by atoms with van der Waals surface area (Å²) in [5.74, 6) is -0.436. The highest BCUT2D eigenvalue weighted by Crippen LogP contribution is 2.15. The van der Waals surface area contributed by atoms with Crippen LogP contribution >= 0.6 is 22.9 Å². The van der Waals surface area contributed by atoms with E-state index in [0.717, 1.165) is 25.7 Å². The molecular weight excluding hydrogens is 358 g/mol. The van der Waals surface area contributed by atoms with Gasteiger partial charge in [0.05, 0.1) is 0 Å². The van der Waals surface area contributed by atoms with Gasteiger partial charge in [0.25, 0.3) is 5.91 Å². The second kappa shape index (κ2) is 10.2. The van der Waals surface area contributed by atoms with Gasteiger partial charge in [0, 0.05) is 28.7 Å². The first kappa shape index (κ1) is 19.4. The Morgan fingerprint density at radius 3 is 2.80 bits per heavy atom. The SMILES string of the molecule is CCCCCCN(CC(=O)Nc1nccs1)C(=O)c1cccc(Cl)c1. The number of nitrogens with one attached hydrogen (secondary N) is 1. The van der Waals surface area contributed by atoms with Crippen LogP contribution in [0.1, 0.15) is 43.0 Å². The Kier molecular flexibility index (Phi) is 7.88. The third-order valence-electron chi connectivity index (χ3n) is 3.65. The Morgan fingerprint density at radius 2 is 2.12 bits per heavy atom. The lowest BCUT2D eigenvalue weighted by molar-refractivity contribution is -0.116. The monoisotopic (exact) mass is 379 g/mol. The van der Waals surface area contributed by atoms with Crippen LogP contribution in [0, 0.1) is 0 Å². The van der Waals surface area contributed by atoms with Crippen LogP contribution in [0.3, 0.4) is 0 Å². The smallest absolute Gasteiger partial charge is 0.254 e. The molecule has 134 valence electrons. The summed E-state index contributed by atoms with van der Waals surface area (Å²) in [4.78, 5) is 30.6. The molecule has 1 aromatic carbocycles. The number of halogens is 1. The maximum atomic E-state index is 12.8. The lowest BCUT2D eigenvalue weighted by Gasteiger charge is -2.22. The third kappa shape index (κ3) is 6.48. The molecule has 2 amide bonds. The number of nitrogens with zero attached hydrogens (tertiary/aromatic N) is 2. The Morgan fingerprint density at radius 1 is 1.28 bits per heavy atom. The van der Waals surface area contributed by atoms with Gasteiger partial charge in [0.1, 0.15) is 6.54 Å². The van der Waals surface area contributed by atoms with Crippen molar-refractivity contribution in [1.29, 1.82) is 0 Å². The van der Waals surface area contributed by atoms with Gasteiger partial charge < -0.3 is 10.2 Å². The van der Waals surface area contributed by atoms with Crippen LogP contribution < -0.4 is 5.32 Å². The molecule has 0 spiro atoms. The molecule has 0 aliphatic heterocycles. The Hall–Kier alpha value is -1.92. The van der Waals surface area contributed by atoms with Crippen LogP contribution in [0.25, 0.3) is 0 Å². The van der Waals surface area contributed by atoms with E-state index < -0.39 is 0 Å². The van der Waals surface area contributed by atoms with E-state index in [0.29, 0.717) is 22.3 Å². The van der Waals surface area contributed by atoms with E-state index in [4.69, 9.17) is 11.6 Å². The number of unbranched alkanes of at least 4 members (excludes halogenated alkanes) is 3. The number of hydrogen-bond acceptors (Lipinski definition) is 4. The molecule has 2 rings (SSSR count). The minimum absolute atomic E-state index is 0.00292. The fourth-order valence-electron chi connectivity index (χ4n) is 2.40. The third-order valence-corrected chi connectivity index (χ3v) is 4.58. The van der Waals surface area contributed by atoms with Gasteiger partial charge in [-0.3, -0.25) is 9.59 Å². The normalized spacial score (nSPS) is 10.5. The number of carbonyl (C=O) groups excluding carboxylic acids is 2. The summed E-state index contributed by atoms with van der Waals surface area (Å²) in [7, 11) is 0. The highest BCUT2D eigenvalue weighted by Gasteiger charge is 2.19. The summed E-state index contributed by atoms with van der Waals surface area (Å²) >= 11 is 7.33. The van der Waals surface area contributed by atoms with E-state index in [-0.39, 0.29) is 18.4 Å². The van der Waals surface area contributed by atoms with Crippen LogP contribution in [0.4, 0.5) is 5.13 Å². The molecular formula is C18H22ClN3O2S. The highest BCUT2D eigenvalue weighted by atomic mass is 35.5. The van der Waals surface area contributed by atoms with E-state index in [1.165, 1.54) is 11.3 Å². The van der Waals surface area contributed by atoms with Gasteiger partial charge in [-0.1, -0.05) is 43.9 Å². The van der Waals surface area contributed by atoms with E-state index in [9.17, 15) is 9.59 Å². The molecule has 1 heterocycles. The predicted octanol–water partition coefficient (Wildman–Crippen LogP) is 4.46. The van der Waals surface area contributed by atoms with Crippen molar-refractivity contribution in [3.8, 4) is 0 Å².